The molecule has 4 aromatic rings. The summed E-state index contributed by atoms with van der Waals surface area (Å²) in [7, 11) is 0. The van der Waals surface area contributed by atoms with Gasteiger partial charge in [0.2, 0.25) is 5.95 Å². The van der Waals surface area contributed by atoms with Crippen molar-refractivity contribution in [3.63, 3.8) is 0 Å². The van der Waals surface area contributed by atoms with Crippen molar-refractivity contribution in [1.29, 1.82) is 5.26 Å². The zero-order valence-electron chi connectivity index (χ0n) is 21.9. The average molecular weight is 521 g/mol. The number of hydrogen-bond donors (Lipinski definition) is 2. The lowest BCUT2D eigenvalue weighted by Gasteiger charge is -2.23. The van der Waals surface area contributed by atoms with E-state index in [0.717, 1.165) is 61.2 Å². The smallest absolute Gasteiger partial charge is 0.224 e. The fourth-order valence-corrected chi connectivity index (χ4v) is 5.67. The zero-order valence-corrected chi connectivity index (χ0v) is 21.9. The molecule has 3 heterocycles. The number of aliphatic hydroxyl groups is 1. The molecule has 198 valence electrons. The monoisotopic (exact) mass is 520 g/mol. The maximum absolute atomic E-state index is 11.0. The summed E-state index contributed by atoms with van der Waals surface area (Å²) in [5.74, 6) is 0.561. The second-order valence-corrected chi connectivity index (χ2v) is 10.7. The normalized spacial score (nSPS) is 17.1. The molecule has 3 aromatic heterocycles. The van der Waals surface area contributed by atoms with E-state index in [-0.39, 0.29) is 0 Å². The molecular formula is C30H32N8O. The van der Waals surface area contributed by atoms with Crippen LogP contribution < -0.4 is 5.32 Å². The number of nitrogens with one attached hydrogen (secondary N) is 1. The van der Waals surface area contributed by atoms with Crippen LogP contribution in [0.1, 0.15) is 74.7 Å². The van der Waals surface area contributed by atoms with E-state index in [1.807, 2.05) is 48.7 Å². The average Bonchev–Trinajstić information content (AvgIpc) is 3.64. The fraction of sp³-hybridized carbons (Fsp3) is 0.400. The third-order valence-corrected chi connectivity index (χ3v) is 7.79. The molecule has 9 nitrogen and oxygen atoms in total. The molecule has 1 aromatic carbocycles. The van der Waals surface area contributed by atoms with Crippen LogP contribution in [0.3, 0.4) is 0 Å². The minimum Gasteiger partial charge on any atom is -0.384 e. The van der Waals surface area contributed by atoms with Crippen LogP contribution in [0.15, 0.2) is 54.7 Å². The first-order chi connectivity index (χ1) is 19.1. The van der Waals surface area contributed by atoms with E-state index in [4.69, 9.17) is 15.0 Å². The van der Waals surface area contributed by atoms with Crippen LogP contribution in [-0.2, 0) is 12.1 Å². The summed E-state index contributed by atoms with van der Waals surface area (Å²) in [6, 6.07) is 17.7. The molecule has 2 saturated carbocycles. The van der Waals surface area contributed by atoms with Crippen molar-refractivity contribution in [2.45, 2.75) is 76.0 Å². The predicted octanol–water partition coefficient (Wildman–Crippen LogP) is 5.22. The van der Waals surface area contributed by atoms with Gasteiger partial charge in [-0.25, -0.2) is 14.6 Å². The largest absolute Gasteiger partial charge is 0.384 e. The van der Waals surface area contributed by atoms with Crippen LogP contribution >= 0.6 is 0 Å². The molecule has 2 aliphatic carbocycles. The van der Waals surface area contributed by atoms with Crippen molar-refractivity contribution in [1.82, 2.24) is 29.9 Å². The molecule has 9 heteroatoms. The molecule has 2 aliphatic rings. The van der Waals surface area contributed by atoms with Gasteiger partial charge in [0.15, 0.2) is 0 Å². The molecule has 0 aliphatic heterocycles. The predicted molar refractivity (Wildman–Crippen MR) is 147 cm³/mol. The molecule has 0 bridgehead atoms. The zero-order chi connectivity index (χ0) is 26.7. The van der Waals surface area contributed by atoms with Crippen LogP contribution in [0.4, 0.5) is 5.95 Å². The van der Waals surface area contributed by atoms with Crippen LogP contribution in [0.2, 0.25) is 0 Å². The molecule has 0 spiro atoms. The second-order valence-electron chi connectivity index (χ2n) is 10.7. The first kappa shape index (κ1) is 25.1. The first-order valence-electron chi connectivity index (χ1n) is 13.8. The molecule has 0 amide bonds. The van der Waals surface area contributed by atoms with E-state index < -0.39 is 5.60 Å². The van der Waals surface area contributed by atoms with Crippen molar-refractivity contribution >= 4 is 5.95 Å². The maximum Gasteiger partial charge on any atom is 0.224 e. The topological polar surface area (TPSA) is 125 Å². The van der Waals surface area contributed by atoms with Crippen LogP contribution in [-0.4, -0.2) is 41.1 Å². The minimum absolute atomic E-state index is 0.344. The Balaban J connectivity index is 1.29. The lowest BCUT2D eigenvalue weighted by Crippen LogP contribution is -2.23. The number of anilines is 1. The van der Waals surface area contributed by atoms with Crippen LogP contribution in [0.25, 0.3) is 22.6 Å². The third kappa shape index (κ3) is 5.66. The van der Waals surface area contributed by atoms with Crippen molar-refractivity contribution < 1.29 is 5.11 Å². The number of pyridine rings is 1. The molecule has 2 N–H and O–H groups in total. The van der Waals surface area contributed by atoms with Gasteiger partial charge in [-0.3, -0.25) is 4.98 Å². The minimum atomic E-state index is -0.828. The van der Waals surface area contributed by atoms with Crippen molar-refractivity contribution in [3.8, 4) is 28.7 Å². The summed E-state index contributed by atoms with van der Waals surface area (Å²) < 4.78 is 1.74. The van der Waals surface area contributed by atoms with Crippen molar-refractivity contribution in [2.75, 3.05) is 5.32 Å². The van der Waals surface area contributed by atoms with Gasteiger partial charge >= 0.3 is 0 Å². The number of rotatable bonds is 7. The highest BCUT2D eigenvalue weighted by atomic mass is 16.3. The SMILES string of the molecule is N#Cc1cccc(-c2cc(-c3cn(Cc4cccc(C5(O)CCCC5)n4)nn3)nc(NC3CCCCC3)n2)c1. The number of benzene rings is 1. The molecule has 39 heavy (non-hydrogen) atoms. The Hall–Kier alpha value is -4.16. The van der Waals surface area contributed by atoms with Gasteiger partial charge < -0.3 is 10.4 Å². The first-order valence-corrected chi connectivity index (χ1v) is 13.8. The number of aromatic nitrogens is 6. The van der Waals surface area contributed by atoms with Crippen molar-refractivity contribution in [2.24, 2.45) is 0 Å². The van der Waals surface area contributed by atoms with E-state index in [1.165, 1.54) is 19.3 Å². The quantitative estimate of drug-likeness (QED) is 0.340. The standard InChI is InChI=1S/C30H32N8O/c31-18-21-8-6-9-22(16-21)25-17-26(35-29(34-25)33-23-10-2-1-3-11-23)27-20-38(37-36-27)19-24-12-7-13-28(32-24)30(39)14-4-5-15-30/h6-9,12-13,16-17,20,23,39H,1-5,10-11,14-15,19H2,(H,33,34,35). The highest BCUT2D eigenvalue weighted by Gasteiger charge is 2.34. The summed E-state index contributed by atoms with van der Waals surface area (Å²) in [6.07, 6.45) is 11.3. The summed E-state index contributed by atoms with van der Waals surface area (Å²) in [6.45, 7) is 0.437. The molecule has 2 fully saturated rings. The molecule has 0 radical (unpaired) electrons. The number of hydrogen-bond acceptors (Lipinski definition) is 8. The summed E-state index contributed by atoms with van der Waals surface area (Å²) in [5, 5.41) is 32.7. The van der Waals surface area contributed by atoms with E-state index in [2.05, 4.69) is 21.7 Å². The molecule has 0 saturated heterocycles. The van der Waals surface area contributed by atoms with Gasteiger partial charge in [0.1, 0.15) is 11.3 Å². The lowest BCUT2D eigenvalue weighted by atomic mass is 9.96. The lowest BCUT2D eigenvalue weighted by molar-refractivity contribution is 0.0397. The van der Waals surface area contributed by atoms with Gasteiger partial charge in [-0.2, -0.15) is 5.26 Å². The maximum atomic E-state index is 11.0. The highest BCUT2D eigenvalue weighted by molar-refractivity contribution is 5.68. The van der Waals surface area contributed by atoms with Crippen LogP contribution in [0, 0.1) is 11.3 Å². The van der Waals surface area contributed by atoms with Crippen molar-refractivity contribution in [3.05, 3.63) is 71.7 Å². The number of nitriles is 1. The Labute approximate surface area is 228 Å². The molecule has 0 atom stereocenters. The van der Waals surface area contributed by atoms with E-state index in [1.54, 1.807) is 10.7 Å². The Morgan fingerprint density at radius 2 is 1.72 bits per heavy atom. The Morgan fingerprint density at radius 3 is 2.54 bits per heavy atom. The van der Waals surface area contributed by atoms with E-state index in [9.17, 15) is 10.4 Å². The highest BCUT2D eigenvalue weighted by Crippen LogP contribution is 2.37. The molecular weight excluding hydrogens is 488 g/mol. The van der Waals surface area contributed by atoms with Gasteiger partial charge in [-0.1, -0.05) is 55.5 Å². The Kier molecular flexibility index (Phi) is 7.03. The van der Waals surface area contributed by atoms with E-state index >= 15 is 0 Å². The third-order valence-electron chi connectivity index (χ3n) is 7.79. The van der Waals surface area contributed by atoms with Crippen LogP contribution in [0.5, 0.6) is 0 Å². The fourth-order valence-electron chi connectivity index (χ4n) is 5.67. The van der Waals surface area contributed by atoms with Gasteiger partial charge in [0, 0.05) is 11.6 Å². The summed E-state index contributed by atoms with van der Waals surface area (Å²) in [4.78, 5) is 14.4. The van der Waals surface area contributed by atoms with Gasteiger partial charge in [-0.05, 0) is 56.0 Å². The summed E-state index contributed by atoms with van der Waals surface area (Å²) in [5.41, 5.74) is 4.17. The Morgan fingerprint density at radius 1 is 0.923 bits per heavy atom. The van der Waals surface area contributed by atoms with E-state index in [0.29, 0.717) is 35.5 Å². The Bertz CT molecular complexity index is 1490. The molecule has 0 unspecified atom stereocenters. The van der Waals surface area contributed by atoms with Gasteiger partial charge in [0.25, 0.3) is 0 Å². The number of nitrogens with zero attached hydrogens (tertiary/aromatic N) is 7. The van der Waals surface area contributed by atoms with Gasteiger partial charge in [-0.15, -0.1) is 5.10 Å². The summed E-state index contributed by atoms with van der Waals surface area (Å²) >= 11 is 0. The molecule has 6 rings (SSSR count). The van der Waals surface area contributed by atoms with Gasteiger partial charge in [0.05, 0.1) is 47.1 Å². The second kappa shape index (κ2) is 10.9.